The third-order valence-corrected chi connectivity index (χ3v) is 3.66. The van der Waals surface area contributed by atoms with Gasteiger partial charge in [-0.25, -0.2) is 0 Å². The molecule has 3 heteroatoms. The fourth-order valence-corrected chi connectivity index (χ4v) is 2.82. The van der Waals surface area contributed by atoms with E-state index in [1.54, 1.807) is 0 Å². The normalized spacial score (nSPS) is 18.9. The van der Waals surface area contributed by atoms with Gasteiger partial charge >= 0.3 is 0 Å². The third kappa shape index (κ3) is 4.94. The Kier molecular flexibility index (Phi) is 6.45. The second-order valence-corrected chi connectivity index (χ2v) is 5.83. The van der Waals surface area contributed by atoms with Gasteiger partial charge in [0.2, 0.25) is 0 Å². The van der Waals surface area contributed by atoms with Crippen molar-refractivity contribution in [2.24, 2.45) is 0 Å². The van der Waals surface area contributed by atoms with Gasteiger partial charge in [0.15, 0.2) is 0 Å². The first kappa shape index (κ1) is 14.9. The van der Waals surface area contributed by atoms with Gasteiger partial charge in [0.1, 0.15) is 0 Å². The molecule has 1 heterocycles. The fourth-order valence-electron chi connectivity index (χ4n) is 2.82. The van der Waals surface area contributed by atoms with Crippen molar-refractivity contribution >= 4 is 0 Å². The van der Waals surface area contributed by atoms with Crippen LogP contribution in [0.15, 0.2) is 0 Å². The lowest BCUT2D eigenvalue weighted by atomic mass is 10.0. The van der Waals surface area contributed by atoms with E-state index in [1.165, 1.54) is 45.6 Å². The topological polar surface area (TPSA) is 18.5 Å². The maximum atomic E-state index is 3.44. The van der Waals surface area contributed by atoms with Crippen molar-refractivity contribution < 1.29 is 0 Å². The molecule has 1 fully saturated rings. The largest absolute Gasteiger partial charge is 0.314 e. The molecular formula is C14H31N3. The smallest absolute Gasteiger partial charge is 0.0281 e. The second kappa shape index (κ2) is 7.34. The van der Waals surface area contributed by atoms with E-state index in [0.29, 0.717) is 5.54 Å². The Hall–Kier alpha value is -0.120. The van der Waals surface area contributed by atoms with E-state index in [0.717, 1.165) is 13.1 Å². The van der Waals surface area contributed by atoms with Gasteiger partial charge in [0, 0.05) is 38.3 Å². The number of rotatable bonds is 7. The lowest BCUT2D eigenvalue weighted by Crippen LogP contribution is -2.57. The maximum Gasteiger partial charge on any atom is 0.0281 e. The van der Waals surface area contributed by atoms with Crippen molar-refractivity contribution in [2.45, 2.75) is 46.1 Å². The molecule has 0 radical (unpaired) electrons. The van der Waals surface area contributed by atoms with Crippen LogP contribution in [0.1, 0.15) is 40.5 Å². The summed E-state index contributed by atoms with van der Waals surface area (Å²) in [7, 11) is 0. The molecule has 1 N–H and O–H groups in total. The van der Waals surface area contributed by atoms with Gasteiger partial charge < -0.3 is 10.2 Å². The average molecular weight is 241 g/mol. The standard InChI is InChI=1S/C14H31N3/c1-5-9-16(10-6-2)13-14(3,4)17-11-7-15-8-12-17/h15H,5-13H2,1-4H3. The molecule has 0 aromatic carbocycles. The van der Waals surface area contributed by atoms with Crippen LogP contribution in [0.25, 0.3) is 0 Å². The lowest BCUT2D eigenvalue weighted by Gasteiger charge is -2.44. The van der Waals surface area contributed by atoms with E-state index in [2.05, 4.69) is 42.8 Å². The monoisotopic (exact) mass is 241 g/mol. The van der Waals surface area contributed by atoms with E-state index < -0.39 is 0 Å². The summed E-state index contributed by atoms with van der Waals surface area (Å²) in [5.41, 5.74) is 0.312. The molecule has 0 saturated carbocycles. The molecular weight excluding hydrogens is 210 g/mol. The lowest BCUT2D eigenvalue weighted by molar-refractivity contribution is 0.0630. The van der Waals surface area contributed by atoms with Crippen LogP contribution in [0, 0.1) is 0 Å². The van der Waals surface area contributed by atoms with Crippen LogP contribution in [0.5, 0.6) is 0 Å². The molecule has 17 heavy (non-hydrogen) atoms. The highest BCUT2D eigenvalue weighted by molar-refractivity contribution is 4.87. The minimum Gasteiger partial charge on any atom is -0.314 e. The van der Waals surface area contributed by atoms with E-state index in [4.69, 9.17) is 0 Å². The van der Waals surface area contributed by atoms with E-state index in [9.17, 15) is 0 Å². The SMILES string of the molecule is CCCN(CCC)CC(C)(C)N1CCNCC1. The molecule has 1 aliphatic rings. The summed E-state index contributed by atoms with van der Waals surface area (Å²) in [5, 5.41) is 3.44. The number of nitrogens with zero attached hydrogens (tertiary/aromatic N) is 2. The molecule has 3 nitrogen and oxygen atoms in total. The first-order chi connectivity index (χ1) is 8.10. The van der Waals surface area contributed by atoms with Crippen LogP contribution in [0.3, 0.4) is 0 Å². The van der Waals surface area contributed by atoms with E-state index in [-0.39, 0.29) is 0 Å². The first-order valence-electron chi connectivity index (χ1n) is 7.28. The molecule has 0 aromatic heterocycles. The molecule has 1 rings (SSSR count). The first-order valence-corrected chi connectivity index (χ1v) is 7.28. The Morgan fingerprint density at radius 1 is 1.06 bits per heavy atom. The van der Waals surface area contributed by atoms with Crippen molar-refractivity contribution in [1.29, 1.82) is 0 Å². The van der Waals surface area contributed by atoms with Crippen molar-refractivity contribution in [2.75, 3.05) is 45.8 Å². The molecule has 0 aliphatic carbocycles. The predicted molar refractivity (Wildman–Crippen MR) is 75.5 cm³/mol. The zero-order valence-corrected chi connectivity index (χ0v) is 12.3. The minimum absolute atomic E-state index is 0.312. The van der Waals surface area contributed by atoms with Gasteiger partial charge in [-0.3, -0.25) is 4.90 Å². The van der Waals surface area contributed by atoms with Crippen molar-refractivity contribution in [3.8, 4) is 0 Å². The average Bonchev–Trinajstić information content (AvgIpc) is 2.30. The molecule has 1 aliphatic heterocycles. The summed E-state index contributed by atoms with van der Waals surface area (Å²) < 4.78 is 0. The van der Waals surface area contributed by atoms with Gasteiger partial charge in [0.25, 0.3) is 0 Å². The Morgan fingerprint density at radius 3 is 2.06 bits per heavy atom. The maximum absolute atomic E-state index is 3.44. The zero-order valence-electron chi connectivity index (χ0n) is 12.3. The van der Waals surface area contributed by atoms with Crippen LogP contribution in [-0.2, 0) is 0 Å². The van der Waals surface area contributed by atoms with E-state index in [1.807, 2.05) is 0 Å². The van der Waals surface area contributed by atoms with Crippen molar-refractivity contribution in [1.82, 2.24) is 15.1 Å². The number of nitrogens with one attached hydrogen (secondary N) is 1. The van der Waals surface area contributed by atoms with Crippen molar-refractivity contribution in [3.05, 3.63) is 0 Å². The van der Waals surface area contributed by atoms with Gasteiger partial charge in [-0.1, -0.05) is 13.8 Å². The zero-order chi connectivity index (χ0) is 12.7. The Bertz CT molecular complexity index is 192. The van der Waals surface area contributed by atoms with Crippen LogP contribution >= 0.6 is 0 Å². The highest BCUT2D eigenvalue weighted by atomic mass is 15.3. The molecule has 0 bridgehead atoms. The van der Waals surface area contributed by atoms with Gasteiger partial charge in [-0.2, -0.15) is 0 Å². The Labute approximate surface area is 108 Å². The predicted octanol–water partition coefficient (Wildman–Crippen LogP) is 1.79. The highest BCUT2D eigenvalue weighted by Crippen LogP contribution is 2.17. The van der Waals surface area contributed by atoms with Crippen LogP contribution in [0.2, 0.25) is 0 Å². The molecule has 0 amide bonds. The minimum atomic E-state index is 0.312. The molecule has 1 saturated heterocycles. The van der Waals surface area contributed by atoms with E-state index >= 15 is 0 Å². The third-order valence-electron chi connectivity index (χ3n) is 3.66. The van der Waals surface area contributed by atoms with Crippen molar-refractivity contribution in [3.63, 3.8) is 0 Å². The Morgan fingerprint density at radius 2 is 1.59 bits per heavy atom. The number of hydrogen-bond donors (Lipinski definition) is 1. The van der Waals surface area contributed by atoms with Crippen LogP contribution < -0.4 is 5.32 Å². The molecule has 0 spiro atoms. The number of piperazine rings is 1. The van der Waals surface area contributed by atoms with Gasteiger partial charge in [-0.15, -0.1) is 0 Å². The second-order valence-electron chi connectivity index (χ2n) is 5.83. The molecule has 0 aromatic rings. The number of hydrogen-bond acceptors (Lipinski definition) is 3. The van der Waals surface area contributed by atoms with Crippen LogP contribution in [-0.4, -0.2) is 61.2 Å². The summed E-state index contributed by atoms with van der Waals surface area (Å²) in [5.74, 6) is 0. The summed E-state index contributed by atoms with van der Waals surface area (Å²) in [6.07, 6.45) is 2.52. The molecule has 0 atom stereocenters. The summed E-state index contributed by atoms with van der Waals surface area (Å²) in [6.45, 7) is 17.7. The summed E-state index contributed by atoms with van der Waals surface area (Å²) >= 11 is 0. The quantitative estimate of drug-likeness (QED) is 0.733. The molecule has 0 unspecified atom stereocenters. The van der Waals surface area contributed by atoms with Crippen LogP contribution in [0.4, 0.5) is 0 Å². The van der Waals surface area contributed by atoms with Gasteiger partial charge in [-0.05, 0) is 39.8 Å². The Balaban J connectivity index is 2.48. The van der Waals surface area contributed by atoms with Gasteiger partial charge in [0.05, 0.1) is 0 Å². The fraction of sp³-hybridized carbons (Fsp3) is 1.00. The highest BCUT2D eigenvalue weighted by Gasteiger charge is 2.29. The summed E-state index contributed by atoms with van der Waals surface area (Å²) in [6, 6.07) is 0. The molecule has 102 valence electrons. The summed E-state index contributed by atoms with van der Waals surface area (Å²) in [4.78, 5) is 5.27.